The highest BCUT2D eigenvalue weighted by atomic mass is 16.5. The molecule has 20 heavy (non-hydrogen) atoms. The van der Waals surface area contributed by atoms with E-state index in [0.717, 1.165) is 11.1 Å². The Morgan fingerprint density at radius 1 is 1.45 bits per heavy atom. The van der Waals surface area contributed by atoms with Gasteiger partial charge in [0.1, 0.15) is 6.61 Å². The maximum Gasteiger partial charge on any atom is 0.250 e. The van der Waals surface area contributed by atoms with Crippen LogP contribution in [0.2, 0.25) is 0 Å². The number of ether oxygens (including phenoxy) is 1. The summed E-state index contributed by atoms with van der Waals surface area (Å²) in [7, 11) is 0. The van der Waals surface area contributed by atoms with Crippen LogP contribution in [-0.2, 0) is 9.53 Å². The number of amides is 1. The van der Waals surface area contributed by atoms with Crippen molar-refractivity contribution in [3.8, 4) is 11.5 Å². The monoisotopic (exact) mass is 275 g/mol. The first kappa shape index (κ1) is 14.2. The molecule has 0 saturated carbocycles. The average Bonchev–Trinajstić information content (AvgIpc) is 2.93. The molecule has 1 N–H and O–H groups in total. The molecule has 6 heteroatoms. The van der Waals surface area contributed by atoms with Gasteiger partial charge >= 0.3 is 0 Å². The minimum atomic E-state index is -0.190. The molecular formula is C14H17N3O3. The van der Waals surface area contributed by atoms with Gasteiger partial charge in [-0.15, -0.1) is 10.2 Å². The highest BCUT2D eigenvalue weighted by Crippen LogP contribution is 2.23. The predicted molar refractivity (Wildman–Crippen MR) is 74.2 cm³/mol. The van der Waals surface area contributed by atoms with Crippen LogP contribution in [0.4, 0.5) is 5.69 Å². The number of nitrogens with zero attached hydrogens (tertiary/aromatic N) is 2. The van der Waals surface area contributed by atoms with Gasteiger partial charge in [0, 0.05) is 11.3 Å². The summed E-state index contributed by atoms with van der Waals surface area (Å²) in [6, 6.07) is 5.55. The predicted octanol–water partition coefficient (Wildman–Crippen LogP) is 2.41. The summed E-state index contributed by atoms with van der Waals surface area (Å²) in [5.74, 6) is 0.225. The lowest BCUT2D eigenvalue weighted by atomic mass is 10.1. The van der Waals surface area contributed by atoms with Crippen LogP contribution in [0.1, 0.15) is 19.4 Å². The van der Waals surface area contributed by atoms with Gasteiger partial charge in [0.15, 0.2) is 0 Å². The van der Waals surface area contributed by atoms with E-state index in [1.807, 2.05) is 32.9 Å². The number of hydrogen-bond acceptors (Lipinski definition) is 5. The summed E-state index contributed by atoms with van der Waals surface area (Å²) in [6.45, 7) is 5.71. The Morgan fingerprint density at radius 2 is 2.25 bits per heavy atom. The lowest BCUT2D eigenvalue weighted by Gasteiger charge is -2.11. The van der Waals surface area contributed by atoms with Crippen LogP contribution in [0, 0.1) is 6.92 Å². The average molecular weight is 275 g/mol. The molecule has 1 amide bonds. The van der Waals surface area contributed by atoms with E-state index in [1.54, 1.807) is 6.07 Å². The van der Waals surface area contributed by atoms with Crippen molar-refractivity contribution in [2.75, 3.05) is 11.9 Å². The quantitative estimate of drug-likeness (QED) is 0.906. The van der Waals surface area contributed by atoms with Gasteiger partial charge in [0.2, 0.25) is 18.2 Å². The molecule has 0 atom stereocenters. The smallest absolute Gasteiger partial charge is 0.250 e. The van der Waals surface area contributed by atoms with E-state index in [4.69, 9.17) is 9.15 Å². The van der Waals surface area contributed by atoms with Crippen LogP contribution in [0.5, 0.6) is 0 Å². The molecule has 0 bridgehead atoms. The number of aryl methyl sites for hydroxylation is 1. The molecule has 0 radical (unpaired) electrons. The van der Waals surface area contributed by atoms with E-state index in [2.05, 4.69) is 15.5 Å². The Labute approximate surface area is 117 Å². The fraction of sp³-hybridized carbons (Fsp3) is 0.357. The summed E-state index contributed by atoms with van der Waals surface area (Å²) in [6.07, 6.45) is 1.29. The lowest BCUT2D eigenvalue weighted by molar-refractivity contribution is -0.121. The second-order valence-corrected chi connectivity index (χ2v) is 4.68. The Kier molecular flexibility index (Phi) is 4.47. The van der Waals surface area contributed by atoms with E-state index in [-0.39, 0.29) is 18.6 Å². The normalized spacial score (nSPS) is 10.8. The summed E-state index contributed by atoms with van der Waals surface area (Å²) in [4.78, 5) is 11.8. The Morgan fingerprint density at radius 3 is 2.90 bits per heavy atom. The zero-order valence-electron chi connectivity index (χ0n) is 11.7. The molecule has 0 spiro atoms. The number of carbonyl (C=O) groups excluding carboxylic acids is 1. The number of hydrogen-bond donors (Lipinski definition) is 1. The van der Waals surface area contributed by atoms with E-state index in [9.17, 15) is 4.79 Å². The summed E-state index contributed by atoms with van der Waals surface area (Å²) < 4.78 is 10.4. The maximum atomic E-state index is 11.8. The standard InChI is InChI=1S/C14H17N3O3/c1-9(2)19-7-13(18)16-12-6-11(5-4-10(12)3)14-17-15-8-20-14/h4-6,8-9H,7H2,1-3H3,(H,16,18). The van der Waals surface area contributed by atoms with Gasteiger partial charge in [0.05, 0.1) is 6.10 Å². The van der Waals surface area contributed by atoms with Crippen molar-refractivity contribution < 1.29 is 13.9 Å². The van der Waals surface area contributed by atoms with Crippen LogP contribution in [-0.4, -0.2) is 28.8 Å². The molecule has 1 heterocycles. The van der Waals surface area contributed by atoms with Gasteiger partial charge in [-0.2, -0.15) is 0 Å². The second-order valence-electron chi connectivity index (χ2n) is 4.68. The van der Waals surface area contributed by atoms with Crippen LogP contribution in [0.25, 0.3) is 11.5 Å². The third-order valence-corrected chi connectivity index (χ3v) is 2.67. The number of anilines is 1. The van der Waals surface area contributed by atoms with Gasteiger partial charge in [-0.1, -0.05) is 6.07 Å². The molecule has 2 rings (SSSR count). The molecule has 0 aliphatic heterocycles. The number of benzene rings is 1. The van der Waals surface area contributed by atoms with E-state index < -0.39 is 0 Å². The Hall–Kier alpha value is -2.21. The lowest BCUT2D eigenvalue weighted by Crippen LogP contribution is -2.21. The van der Waals surface area contributed by atoms with Crippen molar-refractivity contribution in [3.63, 3.8) is 0 Å². The summed E-state index contributed by atoms with van der Waals surface area (Å²) in [5.41, 5.74) is 2.41. The molecule has 0 saturated heterocycles. The van der Waals surface area contributed by atoms with Crippen molar-refractivity contribution >= 4 is 11.6 Å². The zero-order valence-corrected chi connectivity index (χ0v) is 11.7. The van der Waals surface area contributed by atoms with Crippen molar-refractivity contribution in [2.45, 2.75) is 26.9 Å². The highest BCUT2D eigenvalue weighted by Gasteiger charge is 2.10. The fourth-order valence-electron chi connectivity index (χ4n) is 1.62. The topological polar surface area (TPSA) is 77.3 Å². The first-order chi connectivity index (χ1) is 9.56. The van der Waals surface area contributed by atoms with Crippen molar-refractivity contribution in [1.29, 1.82) is 0 Å². The van der Waals surface area contributed by atoms with Crippen LogP contribution >= 0.6 is 0 Å². The van der Waals surface area contributed by atoms with E-state index >= 15 is 0 Å². The molecule has 106 valence electrons. The number of aromatic nitrogens is 2. The van der Waals surface area contributed by atoms with Crippen molar-refractivity contribution in [3.05, 3.63) is 30.2 Å². The fourth-order valence-corrected chi connectivity index (χ4v) is 1.62. The van der Waals surface area contributed by atoms with Crippen LogP contribution in [0.3, 0.4) is 0 Å². The molecule has 6 nitrogen and oxygen atoms in total. The SMILES string of the molecule is Cc1ccc(-c2nnco2)cc1NC(=O)COC(C)C. The third kappa shape index (κ3) is 3.64. The van der Waals surface area contributed by atoms with Gasteiger partial charge in [-0.05, 0) is 38.5 Å². The van der Waals surface area contributed by atoms with Crippen LogP contribution < -0.4 is 5.32 Å². The minimum absolute atomic E-state index is 0.0200. The highest BCUT2D eigenvalue weighted by molar-refractivity contribution is 5.93. The third-order valence-electron chi connectivity index (χ3n) is 2.67. The summed E-state index contributed by atoms with van der Waals surface area (Å²) in [5, 5.41) is 10.3. The Balaban J connectivity index is 2.11. The molecule has 0 aliphatic carbocycles. The van der Waals surface area contributed by atoms with E-state index in [1.165, 1.54) is 6.39 Å². The molecule has 1 aromatic carbocycles. The maximum absolute atomic E-state index is 11.8. The zero-order chi connectivity index (χ0) is 14.5. The minimum Gasteiger partial charge on any atom is -0.423 e. The van der Waals surface area contributed by atoms with Gasteiger partial charge in [-0.25, -0.2) is 0 Å². The first-order valence-corrected chi connectivity index (χ1v) is 6.35. The molecule has 2 aromatic rings. The number of rotatable bonds is 5. The number of nitrogens with one attached hydrogen (secondary N) is 1. The molecule has 0 unspecified atom stereocenters. The van der Waals surface area contributed by atoms with Gasteiger partial charge < -0.3 is 14.5 Å². The van der Waals surface area contributed by atoms with Gasteiger partial charge in [-0.3, -0.25) is 4.79 Å². The molecule has 1 aromatic heterocycles. The van der Waals surface area contributed by atoms with Crippen LogP contribution in [0.15, 0.2) is 29.0 Å². The summed E-state index contributed by atoms with van der Waals surface area (Å²) >= 11 is 0. The van der Waals surface area contributed by atoms with E-state index in [0.29, 0.717) is 11.6 Å². The Bertz CT molecular complexity index is 579. The first-order valence-electron chi connectivity index (χ1n) is 6.35. The van der Waals surface area contributed by atoms with Crippen molar-refractivity contribution in [2.24, 2.45) is 0 Å². The largest absolute Gasteiger partial charge is 0.423 e. The van der Waals surface area contributed by atoms with Gasteiger partial charge in [0.25, 0.3) is 0 Å². The second kappa shape index (κ2) is 6.29. The number of carbonyl (C=O) groups is 1. The van der Waals surface area contributed by atoms with Crippen molar-refractivity contribution in [1.82, 2.24) is 10.2 Å². The molecule has 0 fully saturated rings. The molecular weight excluding hydrogens is 258 g/mol. The molecule has 0 aliphatic rings.